The number of aromatic nitrogens is 4. The third kappa shape index (κ3) is 3.27. The van der Waals surface area contributed by atoms with Crippen LogP contribution in [0.15, 0.2) is 29.0 Å². The van der Waals surface area contributed by atoms with Gasteiger partial charge in [0.05, 0.1) is 16.7 Å². The number of carbonyl (C=O) groups is 1. The lowest BCUT2D eigenvalue weighted by molar-refractivity contribution is 0.102. The molecule has 0 aromatic carbocycles. The van der Waals surface area contributed by atoms with E-state index in [2.05, 4.69) is 41.9 Å². The first-order valence-corrected chi connectivity index (χ1v) is 7.58. The number of halogens is 1. The van der Waals surface area contributed by atoms with Crippen molar-refractivity contribution in [1.82, 2.24) is 25.3 Å². The highest BCUT2D eigenvalue weighted by Gasteiger charge is 2.19. The molecule has 2 aromatic rings. The third-order valence-electron chi connectivity index (χ3n) is 3.42. The Hall–Kier alpha value is -1.80. The molecule has 0 aliphatic carbocycles. The molecule has 2 aromatic heterocycles. The second-order valence-electron chi connectivity index (χ2n) is 4.85. The Bertz CT molecular complexity index is 637. The number of carbonyl (C=O) groups excluding carboxylic acids is 1. The molecular weight excluding hydrogens is 336 g/mol. The van der Waals surface area contributed by atoms with E-state index in [0.29, 0.717) is 17.6 Å². The third-order valence-corrected chi connectivity index (χ3v) is 4.06. The summed E-state index contributed by atoms with van der Waals surface area (Å²) in [6.07, 6.45) is 5.31. The number of pyridine rings is 1. The molecule has 3 rings (SSSR count). The largest absolute Gasteiger partial charge is 0.317 e. The van der Waals surface area contributed by atoms with Crippen molar-refractivity contribution in [3.05, 3.63) is 34.7 Å². The number of rotatable bonds is 3. The van der Waals surface area contributed by atoms with Crippen molar-refractivity contribution >= 4 is 27.7 Å². The molecule has 0 saturated carbocycles. The molecule has 0 spiro atoms. The second kappa shape index (κ2) is 6.31. The van der Waals surface area contributed by atoms with Crippen LogP contribution >= 0.6 is 15.9 Å². The lowest BCUT2D eigenvalue weighted by Gasteiger charge is -2.22. The van der Waals surface area contributed by atoms with Gasteiger partial charge in [-0.2, -0.15) is 0 Å². The topological polar surface area (TPSA) is 84.7 Å². The SMILES string of the molecule is O=C(Nc1ncccc1Br)c1cn(C2CCNCC2)nn1. The van der Waals surface area contributed by atoms with Gasteiger partial charge in [-0.05, 0) is 54.0 Å². The lowest BCUT2D eigenvalue weighted by Crippen LogP contribution is -2.29. The summed E-state index contributed by atoms with van der Waals surface area (Å²) in [6.45, 7) is 1.93. The molecule has 0 bridgehead atoms. The minimum Gasteiger partial charge on any atom is -0.317 e. The van der Waals surface area contributed by atoms with E-state index >= 15 is 0 Å². The van der Waals surface area contributed by atoms with Crippen LogP contribution in [0.25, 0.3) is 0 Å². The van der Waals surface area contributed by atoms with Gasteiger partial charge in [0.1, 0.15) is 5.82 Å². The van der Waals surface area contributed by atoms with Gasteiger partial charge in [-0.15, -0.1) is 5.10 Å². The van der Waals surface area contributed by atoms with Gasteiger partial charge in [0.25, 0.3) is 5.91 Å². The fourth-order valence-corrected chi connectivity index (χ4v) is 2.63. The van der Waals surface area contributed by atoms with Crippen molar-refractivity contribution in [2.75, 3.05) is 18.4 Å². The summed E-state index contributed by atoms with van der Waals surface area (Å²) in [5.74, 6) is 0.161. The minimum atomic E-state index is -0.311. The van der Waals surface area contributed by atoms with Gasteiger partial charge in [0, 0.05) is 6.20 Å². The predicted molar refractivity (Wildman–Crippen MR) is 81.1 cm³/mol. The molecule has 1 fully saturated rings. The average molecular weight is 351 g/mol. The zero-order chi connectivity index (χ0) is 14.7. The second-order valence-corrected chi connectivity index (χ2v) is 5.71. The monoisotopic (exact) mass is 350 g/mol. The summed E-state index contributed by atoms with van der Waals surface area (Å²) in [4.78, 5) is 16.3. The summed E-state index contributed by atoms with van der Waals surface area (Å²) in [7, 11) is 0. The van der Waals surface area contributed by atoms with Crippen LogP contribution in [0.4, 0.5) is 5.82 Å². The van der Waals surface area contributed by atoms with Gasteiger partial charge in [0.15, 0.2) is 5.69 Å². The Kier molecular flexibility index (Phi) is 4.26. The van der Waals surface area contributed by atoms with Crippen molar-refractivity contribution in [2.45, 2.75) is 18.9 Å². The Labute approximate surface area is 130 Å². The summed E-state index contributed by atoms with van der Waals surface area (Å²) in [5.41, 5.74) is 0.297. The van der Waals surface area contributed by atoms with E-state index in [-0.39, 0.29) is 5.91 Å². The maximum atomic E-state index is 12.2. The molecular formula is C13H15BrN6O. The number of amides is 1. The Morgan fingerprint density at radius 1 is 1.43 bits per heavy atom. The standard InChI is InChI=1S/C13H15BrN6O/c14-10-2-1-5-16-12(10)17-13(21)11-8-20(19-18-11)9-3-6-15-7-4-9/h1-2,5,8-9,15H,3-4,6-7H2,(H,16,17,21). The van der Waals surface area contributed by atoms with Gasteiger partial charge in [-0.3, -0.25) is 4.79 Å². The van der Waals surface area contributed by atoms with Crippen LogP contribution < -0.4 is 10.6 Å². The van der Waals surface area contributed by atoms with Gasteiger partial charge >= 0.3 is 0 Å². The Morgan fingerprint density at radius 3 is 3.00 bits per heavy atom. The number of hydrogen-bond donors (Lipinski definition) is 2. The highest BCUT2D eigenvalue weighted by molar-refractivity contribution is 9.10. The van der Waals surface area contributed by atoms with Crippen molar-refractivity contribution < 1.29 is 4.79 Å². The fraction of sp³-hybridized carbons (Fsp3) is 0.385. The van der Waals surface area contributed by atoms with Crippen LogP contribution in [0.5, 0.6) is 0 Å². The smallest absolute Gasteiger partial charge is 0.279 e. The molecule has 1 amide bonds. The van der Waals surface area contributed by atoms with Crippen LogP contribution in [0.3, 0.4) is 0 Å². The normalized spacial score (nSPS) is 15.9. The van der Waals surface area contributed by atoms with Crippen molar-refractivity contribution in [3.63, 3.8) is 0 Å². The molecule has 1 aliphatic rings. The Balaban J connectivity index is 1.71. The molecule has 110 valence electrons. The van der Waals surface area contributed by atoms with E-state index < -0.39 is 0 Å². The average Bonchev–Trinajstić information content (AvgIpc) is 3.00. The van der Waals surface area contributed by atoms with E-state index in [4.69, 9.17) is 0 Å². The maximum Gasteiger partial charge on any atom is 0.279 e. The molecule has 8 heteroatoms. The van der Waals surface area contributed by atoms with Crippen LogP contribution in [0.1, 0.15) is 29.4 Å². The molecule has 2 N–H and O–H groups in total. The molecule has 1 aliphatic heterocycles. The number of anilines is 1. The minimum absolute atomic E-state index is 0.297. The first kappa shape index (κ1) is 14.2. The van der Waals surface area contributed by atoms with Crippen molar-refractivity contribution in [2.24, 2.45) is 0 Å². The van der Waals surface area contributed by atoms with Crippen LogP contribution in [-0.2, 0) is 0 Å². The lowest BCUT2D eigenvalue weighted by atomic mass is 10.1. The molecule has 21 heavy (non-hydrogen) atoms. The maximum absolute atomic E-state index is 12.2. The van der Waals surface area contributed by atoms with Gasteiger partial charge in [0.2, 0.25) is 0 Å². The first-order chi connectivity index (χ1) is 10.2. The van der Waals surface area contributed by atoms with E-state index in [1.54, 1.807) is 23.1 Å². The van der Waals surface area contributed by atoms with Gasteiger partial charge < -0.3 is 10.6 Å². The number of hydrogen-bond acceptors (Lipinski definition) is 5. The summed E-state index contributed by atoms with van der Waals surface area (Å²) < 4.78 is 2.51. The number of nitrogens with one attached hydrogen (secondary N) is 2. The van der Waals surface area contributed by atoms with E-state index in [1.165, 1.54) is 0 Å². The Morgan fingerprint density at radius 2 is 2.24 bits per heavy atom. The van der Waals surface area contributed by atoms with Gasteiger partial charge in [-0.1, -0.05) is 5.21 Å². The zero-order valence-corrected chi connectivity index (χ0v) is 12.9. The predicted octanol–water partition coefficient (Wildman–Crippen LogP) is 1.61. The van der Waals surface area contributed by atoms with E-state index in [1.807, 2.05) is 6.07 Å². The summed E-state index contributed by atoms with van der Waals surface area (Å²) >= 11 is 3.34. The molecule has 1 saturated heterocycles. The van der Waals surface area contributed by atoms with E-state index in [9.17, 15) is 4.79 Å². The zero-order valence-electron chi connectivity index (χ0n) is 11.3. The molecule has 0 unspecified atom stereocenters. The highest BCUT2D eigenvalue weighted by atomic mass is 79.9. The summed E-state index contributed by atoms with van der Waals surface area (Å²) in [5, 5.41) is 14.0. The molecule has 7 nitrogen and oxygen atoms in total. The van der Waals surface area contributed by atoms with Gasteiger partial charge in [-0.25, -0.2) is 9.67 Å². The van der Waals surface area contributed by atoms with Crippen molar-refractivity contribution in [1.29, 1.82) is 0 Å². The van der Waals surface area contributed by atoms with E-state index in [0.717, 1.165) is 30.4 Å². The van der Waals surface area contributed by atoms with Crippen molar-refractivity contribution in [3.8, 4) is 0 Å². The van der Waals surface area contributed by atoms with Crippen LogP contribution in [-0.4, -0.2) is 39.0 Å². The molecule has 0 radical (unpaired) electrons. The first-order valence-electron chi connectivity index (χ1n) is 6.78. The molecule has 0 atom stereocenters. The van der Waals surface area contributed by atoms with Crippen LogP contribution in [0.2, 0.25) is 0 Å². The van der Waals surface area contributed by atoms with Crippen LogP contribution in [0, 0.1) is 0 Å². The highest BCUT2D eigenvalue weighted by Crippen LogP contribution is 2.20. The summed E-state index contributed by atoms with van der Waals surface area (Å²) in [6, 6.07) is 3.91. The number of nitrogens with zero attached hydrogens (tertiary/aromatic N) is 4. The molecule has 3 heterocycles. The number of piperidine rings is 1. The fourth-order valence-electron chi connectivity index (χ4n) is 2.28. The quantitative estimate of drug-likeness (QED) is 0.878.